The molecule has 1 rings (SSSR count). The minimum Gasteiger partial charge on any atom is -0.480 e. The van der Waals surface area contributed by atoms with Crippen LogP contribution >= 0.6 is 0 Å². The van der Waals surface area contributed by atoms with Gasteiger partial charge in [-0.05, 0) is 19.3 Å². The second-order valence-electron chi connectivity index (χ2n) is 4.29. The minimum absolute atomic E-state index is 0.0944. The Balaban J connectivity index is 2.11. The number of hydrogen-bond donors (Lipinski definition) is 4. The quantitative estimate of drug-likeness (QED) is 0.507. The lowest BCUT2D eigenvalue weighted by molar-refractivity contribution is -0.139. The highest BCUT2D eigenvalue weighted by atomic mass is 16.4. The molecule has 0 aromatic heterocycles. The summed E-state index contributed by atoms with van der Waals surface area (Å²) in [6, 6.07) is -1.16. The van der Waals surface area contributed by atoms with Crippen LogP contribution in [-0.2, 0) is 9.59 Å². The van der Waals surface area contributed by atoms with Crippen molar-refractivity contribution in [3.05, 3.63) is 0 Å². The van der Waals surface area contributed by atoms with Gasteiger partial charge in [-0.1, -0.05) is 6.92 Å². The SMILES string of the molecule is CC[C@@H](NC(=O)NCCC(=O)NC1CC1)C(=O)O. The molecule has 7 nitrogen and oxygen atoms in total. The van der Waals surface area contributed by atoms with Crippen LogP contribution in [0.2, 0.25) is 0 Å². The Morgan fingerprint density at radius 3 is 2.50 bits per heavy atom. The third-order valence-corrected chi connectivity index (χ3v) is 2.59. The second-order valence-corrected chi connectivity index (χ2v) is 4.29. The Kier molecular flexibility index (Phi) is 5.41. The van der Waals surface area contributed by atoms with Crippen LogP contribution in [0, 0.1) is 0 Å². The van der Waals surface area contributed by atoms with Gasteiger partial charge in [0.15, 0.2) is 0 Å². The lowest BCUT2D eigenvalue weighted by Gasteiger charge is -2.13. The Bertz CT molecular complexity index is 328. The van der Waals surface area contributed by atoms with Crippen LogP contribution in [0.4, 0.5) is 4.79 Å². The molecule has 1 fully saturated rings. The van der Waals surface area contributed by atoms with Gasteiger partial charge in [-0.25, -0.2) is 9.59 Å². The standard InChI is InChI=1S/C11H19N3O4/c1-2-8(10(16)17)14-11(18)12-6-5-9(15)13-7-3-4-7/h7-8H,2-6H2,1H3,(H,13,15)(H,16,17)(H2,12,14,18)/t8-/m1/s1. The van der Waals surface area contributed by atoms with E-state index in [9.17, 15) is 14.4 Å². The molecular formula is C11H19N3O4. The van der Waals surface area contributed by atoms with Crippen molar-refractivity contribution >= 4 is 17.9 Å². The van der Waals surface area contributed by atoms with E-state index in [1.807, 2.05) is 0 Å². The molecule has 1 aliphatic rings. The highest BCUT2D eigenvalue weighted by Gasteiger charge is 2.23. The maximum absolute atomic E-state index is 11.3. The summed E-state index contributed by atoms with van der Waals surface area (Å²) < 4.78 is 0. The van der Waals surface area contributed by atoms with Crippen molar-refractivity contribution in [3.63, 3.8) is 0 Å². The molecule has 18 heavy (non-hydrogen) atoms. The lowest BCUT2D eigenvalue weighted by Crippen LogP contribution is -2.46. The number of rotatable bonds is 7. The van der Waals surface area contributed by atoms with E-state index in [4.69, 9.17) is 5.11 Å². The summed E-state index contributed by atoms with van der Waals surface area (Å²) >= 11 is 0. The molecular weight excluding hydrogens is 238 g/mol. The van der Waals surface area contributed by atoms with Crippen molar-refractivity contribution in [2.75, 3.05) is 6.54 Å². The summed E-state index contributed by atoms with van der Waals surface area (Å²) in [6.45, 7) is 1.86. The lowest BCUT2D eigenvalue weighted by atomic mass is 10.2. The summed E-state index contributed by atoms with van der Waals surface area (Å²) in [5, 5.41) is 16.3. The number of amides is 3. The van der Waals surface area contributed by atoms with Crippen molar-refractivity contribution in [1.82, 2.24) is 16.0 Å². The van der Waals surface area contributed by atoms with Gasteiger partial charge in [0.25, 0.3) is 0 Å². The summed E-state index contributed by atoms with van der Waals surface area (Å²) in [5.41, 5.74) is 0. The molecule has 0 unspecified atom stereocenters. The van der Waals surface area contributed by atoms with Crippen LogP contribution in [0.1, 0.15) is 32.6 Å². The topological polar surface area (TPSA) is 108 Å². The molecule has 102 valence electrons. The van der Waals surface area contributed by atoms with Gasteiger partial charge in [-0.3, -0.25) is 4.79 Å². The van der Waals surface area contributed by atoms with Gasteiger partial charge in [0.1, 0.15) is 6.04 Å². The van der Waals surface area contributed by atoms with Gasteiger partial charge < -0.3 is 21.1 Å². The summed E-state index contributed by atoms with van der Waals surface area (Å²) in [7, 11) is 0. The van der Waals surface area contributed by atoms with Crippen LogP contribution in [0.3, 0.4) is 0 Å². The first-order valence-electron chi connectivity index (χ1n) is 6.09. The minimum atomic E-state index is -1.07. The van der Waals surface area contributed by atoms with Crippen LogP contribution in [0.15, 0.2) is 0 Å². The highest BCUT2D eigenvalue weighted by Crippen LogP contribution is 2.18. The summed E-state index contributed by atoms with van der Waals surface area (Å²) in [4.78, 5) is 33.3. The van der Waals surface area contributed by atoms with E-state index in [0.717, 1.165) is 12.8 Å². The fraction of sp³-hybridized carbons (Fsp3) is 0.727. The third kappa shape index (κ3) is 5.51. The fourth-order valence-corrected chi connectivity index (χ4v) is 1.36. The molecule has 7 heteroatoms. The predicted octanol–water partition coefficient (Wildman–Crippen LogP) is -0.182. The van der Waals surface area contributed by atoms with Crippen molar-refractivity contribution in [1.29, 1.82) is 0 Å². The predicted molar refractivity (Wildman–Crippen MR) is 64.0 cm³/mol. The van der Waals surface area contributed by atoms with Gasteiger partial charge in [-0.2, -0.15) is 0 Å². The smallest absolute Gasteiger partial charge is 0.326 e. The number of carboxylic acids is 1. The Labute approximate surface area is 105 Å². The van der Waals surface area contributed by atoms with Gasteiger partial charge in [0, 0.05) is 19.0 Å². The number of aliphatic carboxylic acids is 1. The molecule has 0 spiro atoms. The molecule has 0 saturated heterocycles. The van der Waals surface area contributed by atoms with Gasteiger partial charge >= 0.3 is 12.0 Å². The molecule has 1 atom stereocenters. The van der Waals surface area contributed by atoms with Crippen LogP contribution < -0.4 is 16.0 Å². The maximum atomic E-state index is 11.3. The molecule has 1 saturated carbocycles. The molecule has 0 heterocycles. The first-order chi connectivity index (χ1) is 8.52. The van der Waals surface area contributed by atoms with E-state index in [1.165, 1.54) is 0 Å². The number of carboxylic acid groups (broad SMARTS) is 1. The zero-order valence-electron chi connectivity index (χ0n) is 10.4. The second kappa shape index (κ2) is 6.83. The van der Waals surface area contributed by atoms with Gasteiger partial charge in [-0.15, -0.1) is 0 Å². The van der Waals surface area contributed by atoms with Crippen LogP contribution in [0.25, 0.3) is 0 Å². The average molecular weight is 257 g/mol. The zero-order chi connectivity index (χ0) is 13.5. The number of nitrogens with one attached hydrogen (secondary N) is 3. The molecule has 3 amide bonds. The van der Waals surface area contributed by atoms with E-state index in [1.54, 1.807) is 6.92 Å². The van der Waals surface area contributed by atoms with Gasteiger partial charge in [0.2, 0.25) is 5.91 Å². The van der Waals surface area contributed by atoms with E-state index in [-0.39, 0.29) is 18.9 Å². The number of carbonyl (C=O) groups excluding carboxylic acids is 2. The Hall–Kier alpha value is -1.79. The molecule has 4 N–H and O–H groups in total. The average Bonchev–Trinajstić information content (AvgIpc) is 3.09. The van der Waals surface area contributed by atoms with Crippen molar-refractivity contribution < 1.29 is 19.5 Å². The molecule has 0 bridgehead atoms. The molecule has 0 aromatic carbocycles. The van der Waals surface area contributed by atoms with Crippen molar-refractivity contribution in [2.45, 2.75) is 44.7 Å². The van der Waals surface area contributed by atoms with E-state index in [0.29, 0.717) is 12.5 Å². The van der Waals surface area contributed by atoms with Gasteiger partial charge in [0.05, 0.1) is 0 Å². The largest absolute Gasteiger partial charge is 0.480 e. The Morgan fingerprint density at radius 1 is 1.33 bits per heavy atom. The molecule has 1 aliphatic carbocycles. The van der Waals surface area contributed by atoms with Crippen LogP contribution in [0.5, 0.6) is 0 Å². The Morgan fingerprint density at radius 2 is 2.00 bits per heavy atom. The third-order valence-electron chi connectivity index (χ3n) is 2.59. The maximum Gasteiger partial charge on any atom is 0.326 e. The first-order valence-corrected chi connectivity index (χ1v) is 6.09. The van der Waals surface area contributed by atoms with Crippen molar-refractivity contribution in [2.24, 2.45) is 0 Å². The molecule has 0 aliphatic heterocycles. The first kappa shape index (κ1) is 14.3. The van der Waals surface area contributed by atoms with Crippen LogP contribution in [-0.4, -0.2) is 41.6 Å². The summed E-state index contributed by atoms with van der Waals surface area (Å²) in [6.07, 6.45) is 2.56. The molecule has 0 radical (unpaired) electrons. The van der Waals surface area contributed by atoms with E-state index in [2.05, 4.69) is 16.0 Å². The highest BCUT2D eigenvalue weighted by molar-refractivity contribution is 5.83. The number of urea groups is 1. The number of hydrogen-bond acceptors (Lipinski definition) is 3. The summed E-state index contributed by atoms with van der Waals surface area (Å²) in [5.74, 6) is -1.16. The van der Waals surface area contributed by atoms with E-state index < -0.39 is 18.0 Å². The van der Waals surface area contributed by atoms with Crippen molar-refractivity contribution in [3.8, 4) is 0 Å². The number of carbonyl (C=O) groups is 3. The zero-order valence-corrected chi connectivity index (χ0v) is 10.4. The van der Waals surface area contributed by atoms with E-state index >= 15 is 0 Å². The normalized spacial score (nSPS) is 15.6. The monoisotopic (exact) mass is 257 g/mol. The molecule has 0 aromatic rings. The fourth-order valence-electron chi connectivity index (χ4n) is 1.36.